The predicted molar refractivity (Wildman–Crippen MR) is 110 cm³/mol. The topological polar surface area (TPSA) is 84.7 Å². The number of fused-ring (bicyclic) bond motifs is 1. The van der Waals surface area contributed by atoms with E-state index in [0.29, 0.717) is 17.0 Å². The summed E-state index contributed by atoms with van der Waals surface area (Å²) in [5.41, 5.74) is 1.51. The molecule has 7 heteroatoms. The van der Waals surface area contributed by atoms with Gasteiger partial charge in [0.2, 0.25) is 5.82 Å². The molecule has 2 N–H and O–H groups in total. The summed E-state index contributed by atoms with van der Waals surface area (Å²) in [6, 6.07) is 12.7. The van der Waals surface area contributed by atoms with Crippen LogP contribution in [0.4, 0.5) is 5.69 Å². The lowest BCUT2D eigenvalue weighted by atomic mass is 9.95. The molecule has 0 aliphatic heterocycles. The molecule has 1 aromatic carbocycles. The fourth-order valence-corrected chi connectivity index (χ4v) is 3.73. The maximum Gasteiger partial charge on any atom is 0.292 e. The number of methoxy groups -OCH3 is 1. The van der Waals surface area contributed by atoms with Gasteiger partial charge in [0.1, 0.15) is 5.75 Å². The van der Waals surface area contributed by atoms with Crippen molar-refractivity contribution in [2.45, 2.75) is 38.1 Å². The second-order valence-corrected chi connectivity index (χ2v) is 7.23. The van der Waals surface area contributed by atoms with E-state index >= 15 is 0 Å². The van der Waals surface area contributed by atoms with Crippen molar-refractivity contribution in [3.05, 3.63) is 60.2 Å². The van der Waals surface area contributed by atoms with E-state index in [4.69, 9.17) is 4.74 Å². The molecule has 4 rings (SSSR count). The summed E-state index contributed by atoms with van der Waals surface area (Å²) in [6.07, 6.45) is 7.19. The minimum Gasteiger partial charge on any atom is -0.497 e. The molecular formula is C22H24N4O3. The van der Waals surface area contributed by atoms with Gasteiger partial charge in [0.05, 0.1) is 12.6 Å². The molecule has 3 aromatic rings. The minimum absolute atomic E-state index is 0.171. The maximum absolute atomic E-state index is 12.9. The van der Waals surface area contributed by atoms with Gasteiger partial charge in [-0.2, -0.15) is 0 Å². The summed E-state index contributed by atoms with van der Waals surface area (Å²) < 4.78 is 6.78. The average Bonchev–Trinajstić information content (AvgIpc) is 3.15. The average molecular weight is 392 g/mol. The third kappa shape index (κ3) is 4.08. The zero-order valence-electron chi connectivity index (χ0n) is 16.4. The number of imidazole rings is 1. The molecule has 1 saturated carbocycles. The van der Waals surface area contributed by atoms with Crippen molar-refractivity contribution in [3.63, 3.8) is 0 Å². The summed E-state index contributed by atoms with van der Waals surface area (Å²) >= 11 is 0. The SMILES string of the molecule is COc1ccc(NC(=O)c2nc(C(=O)NC3CCCCC3)c3ccccn23)cc1. The largest absolute Gasteiger partial charge is 0.497 e. The van der Waals surface area contributed by atoms with Gasteiger partial charge in [-0.3, -0.25) is 14.0 Å². The fourth-order valence-electron chi connectivity index (χ4n) is 3.73. The van der Waals surface area contributed by atoms with E-state index in [-0.39, 0.29) is 29.4 Å². The molecule has 1 aliphatic carbocycles. The quantitative estimate of drug-likeness (QED) is 0.694. The van der Waals surface area contributed by atoms with Crippen molar-refractivity contribution in [2.75, 3.05) is 12.4 Å². The van der Waals surface area contributed by atoms with Gasteiger partial charge in [-0.25, -0.2) is 4.98 Å². The molecule has 2 amide bonds. The van der Waals surface area contributed by atoms with E-state index in [0.717, 1.165) is 25.7 Å². The lowest BCUT2D eigenvalue weighted by molar-refractivity contribution is 0.0925. The van der Waals surface area contributed by atoms with Crippen molar-refractivity contribution >= 4 is 23.0 Å². The highest BCUT2D eigenvalue weighted by Crippen LogP contribution is 2.20. The molecular weight excluding hydrogens is 368 g/mol. The fraction of sp³-hybridized carbons (Fsp3) is 0.318. The second-order valence-electron chi connectivity index (χ2n) is 7.23. The van der Waals surface area contributed by atoms with Crippen LogP contribution in [-0.2, 0) is 0 Å². The first kappa shape index (κ1) is 19.0. The highest BCUT2D eigenvalue weighted by Gasteiger charge is 2.24. The number of benzene rings is 1. The number of carbonyl (C=O) groups excluding carboxylic acids is 2. The third-order valence-electron chi connectivity index (χ3n) is 5.25. The van der Waals surface area contributed by atoms with Crippen LogP contribution in [0.25, 0.3) is 5.52 Å². The van der Waals surface area contributed by atoms with Crippen molar-refractivity contribution in [3.8, 4) is 5.75 Å². The number of nitrogens with one attached hydrogen (secondary N) is 2. The Morgan fingerprint density at radius 2 is 1.79 bits per heavy atom. The zero-order valence-corrected chi connectivity index (χ0v) is 16.4. The van der Waals surface area contributed by atoms with Crippen molar-refractivity contribution in [1.29, 1.82) is 0 Å². The predicted octanol–water partition coefficient (Wildman–Crippen LogP) is 3.66. The smallest absolute Gasteiger partial charge is 0.292 e. The molecule has 0 unspecified atom stereocenters. The van der Waals surface area contributed by atoms with E-state index < -0.39 is 0 Å². The summed E-state index contributed by atoms with van der Waals surface area (Å²) in [4.78, 5) is 30.1. The summed E-state index contributed by atoms with van der Waals surface area (Å²) in [5.74, 6) is 0.262. The summed E-state index contributed by atoms with van der Waals surface area (Å²) in [6.45, 7) is 0. The van der Waals surface area contributed by atoms with Crippen molar-refractivity contribution in [1.82, 2.24) is 14.7 Å². The van der Waals surface area contributed by atoms with Crippen LogP contribution in [0.1, 0.15) is 53.2 Å². The Labute approximate surface area is 169 Å². The number of nitrogens with zero attached hydrogens (tertiary/aromatic N) is 2. The number of anilines is 1. The number of carbonyl (C=O) groups is 2. The van der Waals surface area contributed by atoms with Crippen LogP contribution in [0.5, 0.6) is 5.75 Å². The van der Waals surface area contributed by atoms with Gasteiger partial charge in [0, 0.05) is 17.9 Å². The van der Waals surface area contributed by atoms with Crippen molar-refractivity contribution in [2.24, 2.45) is 0 Å². The molecule has 0 bridgehead atoms. The van der Waals surface area contributed by atoms with Gasteiger partial charge in [0.25, 0.3) is 11.8 Å². The Morgan fingerprint density at radius 3 is 2.52 bits per heavy atom. The molecule has 0 atom stereocenters. The number of amides is 2. The van der Waals surface area contributed by atoms with Gasteiger partial charge in [-0.1, -0.05) is 25.3 Å². The lowest BCUT2D eigenvalue weighted by Crippen LogP contribution is -2.36. The molecule has 1 aliphatic rings. The Hall–Kier alpha value is -3.35. The zero-order chi connectivity index (χ0) is 20.2. The molecule has 2 aromatic heterocycles. The lowest BCUT2D eigenvalue weighted by Gasteiger charge is -2.22. The molecule has 0 spiro atoms. The van der Waals surface area contributed by atoms with Crippen molar-refractivity contribution < 1.29 is 14.3 Å². The summed E-state index contributed by atoms with van der Waals surface area (Å²) in [5, 5.41) is 5.91. The molecule has 1 fully saturated rings. The first-order valence-corrected chi connectivity index (χ1v) is 9.89. The monoisotopic (exact) mass is 392 g/mol. The molecule has 150 valence electrons. The molecule has 2 heterocycles. The first-order chi connectivity index (χ1) is 14.2. The summed E-state index contributed by atoms with van der Waals surface area (Å²) in [7, 11) is 1.59. The normalized spacial score (nSPS) is 14.5. The molecule has 0 radical (unpaired) electrons. The number of rotatable bonds is 5. The Kier molecular flexibility index (Phi) is 5.46. The van der Waals surface area contributed by atoms with Crippen LogP contribution in [0.15, 0.2) is 48.7 Å². The van der Waals surface area contributed by atoms with Gasteiger partial charge in [-0.15, -0.1) is 0 Å². The van der Waals surface area contributed by atoms with Crippen LogP contribution in [0.3, 0.4) is 0 Å². The Morgan fingerprint density at radius 1 is 1.03 bits per heavy atom. The van der Waals surface area contributed by atoms with E-state index in [1.54, 1.807) is 48.0 Å². The van der Waals surface area contributed by atoms with Gasteiger partial charge >= 0.3 is 0 Å². The number of ether oxygens (including phenoxy) is 1. The number of hydrogen-bond donors (Lipinski definition) is 2. The molecule has 0 saturated heterocycles. The Bertz CT molecular complexity index is 1020. The van der Waals surface area contributed by atoms with Gasteiger partial charge in [0.15, 0.2) is 5.69 Å². The number of hydrogen-bond acceptors (Lipinski definition) is 4. The van der Waals surface area contributed by atoms with E-state index in [1.807, 2.05) is 12.1 Å². The third-order valence-corrected chi connectivity index (χ3v) is 5.25. The second kappa shape index (κ2) is 8.34. The highest BCUT2D eigenvalue weighted by molar-refractivity contribution is 6.06. The van der Waals surface area contributed by atoms with Gasteiger partial charge in [-0.05, 0) is 49.2 Å². The number of aromatic nitrogens is 2. The van der Waals surface area contributed by atoms with Crippen LogP contribution in [0, 0.1) is 0 Å². The van der Waals surface area contributed by atoms with Crippen LogP contribution in [-0.4, -0.2) is 34.4 Å². The van der Waals surface area contributed by atoms with Crippen LogP contribution < -0.4 is 15.4 Å². The minimum atomic E-state index is -0.381. The van der Waals surface area contributed by atoms with E-state index in [9.17, 15) is 9.59 Å². The first-order valence-electron chi connectivity index (χ1n) is 9.89. The highest BCUT2D eigenvalue weighted by atomic mass is 16.5. The van der Waals surface area contributed by atoms with E-state index in [2.05, 4.69) is 15.6 Å². The van der Waals surface area contributed by atoms with Gasteiger partial charge < -0.3 is 15.4 Å². The standard InChI is InChI=1S/C22H24N4O3/c1-29-17-12-10-16(11-13-17)24-22(28)20-25-19(18-9-5-6-14-26(18)20)21(27)23-15-7-3-2-4-8-15/h5-6,9-15H,2-4,7-8H2,1H3,(H,23,27)(H,24,28). The Balaban J connectivity index is 1.59. The van der Waals surface area contributed by atoms with E-state index in [1.165, 1.54) is 6.42 Å². The van der Waals surface area contributed by atoms with Crippen LogP contribution in [0.2, 0.25) is 0 Å². The molecule has 7 nitrogen and oxygen atoms in total. The number of pyridine rings is 1. The van der Waals surface area contributed by atoms with Crippen LogP contribution >= 0.6 is 0 Å². The maximum atomic E-state index is 12.9. The molecule has 29 heavy (non-hydrogen) atoms.